The summed E-state index contributed by atoms with van der Waals surface area (Å²) in [6, 6.07) is 9.67. The Morgan fingerprint density at radius 2 is 2.06 bits per heavy atom. The molecule has 4 heteroatoms. The third-order valence-corrected chi connectivity index (χ3v) is 2.57. The number of carbonyl (C=O) groups excluding carboxylic acids is 1. The van der Waals surface area contributed by atoms with E-state index in [2.05, 4.69) is 10.6 Å². The smallest absolute Gasteiger partial charge is 0.225 e. The maximum absolute atomic E-state index is 11.7. The lowest BCUT2D eigenvalue weighted by molar-refractivity contribution is -0.116. The number of para-hydroxylation sites is 1. The highest BCUT2D eigenvalue weighted by atomic mass is 16.5. The van der Waals surface area contributed by atoms with Crippen LogP contribution in [0.4, 0.5) is 5.69 Å². The van der Waals surface area contributed by atoms with Crippen molar-refractivity contribution in [2.45, 2.75) is 25.8 Å². The predicted molar refractivity (Wildman–Crippen MR) is 73.6 cm³/mol. The van der Waals surface area contributed by atoms with Crippen LogP contribution in [-0.4, -0.2) is 32.2 Å². The quantitative estimate of drug-likeness (QED) is 0.694. The minimum atomic E-state index is 0.0351. The molecule has 2 N–H and O–H groups in total. The van der Waals surface area contributed by atoms with Gasteiger partial charge in [0.05, 0.1) is 0 Å². The van der Waals surface area contributed by atoms with Crippen LogP contribution in [0.5, 0.6) is 0 Å². The molecule has 0 spiro atoms. The fourth-order valence-electron chi connectivity index (χ4n) is 1.65. The summed E-state index contributed by atoms with van der Waals surface area (Å²) in [6.45, 7) is 3.63. The van der Waals surface area contributed by atoms with Crippen LogP contribution >= 0.6 is 0 Å². The van der Waals surface area contributed by atoms with Crippen molar-refractivity contribution in [2.75, 3.05) is 25.6 Å². The van der Waals surface area contributed by atoms with Crippen molar-refractivity contribution in [2.24, 2.45) is 0 Å². The molecule has 0 aliphatic rings. The van der Waals surface area contributed by atoms with Gasteiger partial charge in [0.1, 0.15) is 0 Å². The number of methoxy groups -OCH3 is 1. The van der Waals surface area contributed by atoms with Crippen molar-refractivity contribution in [1.82, 2.24) is 5.32 Å². The lowest BCUT2D eigenvalue weighted by Gasteiger charge is -2.13. The van der Waals surface area contributed by atoms with E-state index in [9.17, 15) is 4.79 Å². The number of anilines is 1. The Morgan fingerprint density at radius 3 is 2.72 bits per heavy atom. The number of amides is 1. The van der Waals surface area contributed by atoms with Gasteiger partial charge in [0.25, 0.3) is 0 Å². The molecule has 0 aliphatic heterocycles. The van der Waals surface area contributed by atoms with E-state index in [1.165, 1.54) is 0 Å². The Balaban J connectivity index is 2.19. The lowest BCUT2D eigenvalue weighted by atomic mass is 10.2. The Hall–Kier alpha value is -1.39. The minimum absolute atomic E-state index is 0.0351. The SMILES string of the molecule is COCCCNC(C)CC(=O)Nc1ccccc1. The average molecular weight is 250 g/mol. The average Bonchev–Trinajstić information content (AvgIpc) is 2.35. The van der Waals surface area contributed by atoms with Crippen molar-refractivity contribution in [1.29, 1.82) is 0 Å². The van der Waals surface area contributed by atoms with Crippen molar-refractivity contribution in [3.05, 3.63) is 30.3 Å². The molecular weight excluding hydrogens is 228 g/mol. The second-order valence-electron chi connectivity index (χ2n) is 4.32. The summed E-state index contributed by atoms with van der Waals surface area (Å²) < 4.78 is 4.96. The largest absolute Gasteiger partial charge is 0.385 e. The molecule has 1 atom stereocenters. The van der Waals surface area contributed by atoms with E-state index in [0.717, 1.165) is 25.3 Å². The predicted octanol–water partition coefficient (Wildman–Crippen LogP) is 2.03. The molecule has 1 aromatic rings. The number of benzene rings is 1. The first kappa shape index (κ1) is 14.7. The molecule has 0 bridgehead atoms. The zero-order valence-electron chi connectivity index (χ0n) is 11.1. The molecule has 0 radical (unpaired) electrons. The van der Waals surface area contributed by atoms with Crippen LogP contribution in [0.2, 0.25) is 0 Å². The Bertz CT molecular complexity index is 341. The monoisotopic (exact) mass is 250 g/mol. The summed E-state index contributed by atoms with van der Waals surface area (Å²) >= 11 is 0. The number of ether oxygens (including phenoxy) is 1. The van der Waals surface area contributed by atoms with Gasteiger partial charge < -0.3 is 15.4 Å². The first-order chi connectivity index (χ1) is 8.72. The number of carbonyl (C=O) groups is 1. The van der Waals surface area contributed by atoms with Crippen molar-refractivity contribution < 1.29 is 9.53 Å². The molecule has 0 fully saturated rings. The fraction of sp³-hybridized carbons (Fsp3) is 0.500. The molecule has 18 heavy (non-hydrogen) atoms. The Labute approximate surface area is 109 Å². The molecule has 1 aromatic carbocycles. The lowest BCUT2D eigenvalue weighted by Crippen LogP contribution is -2.31. The van der Waals surface area contributed by atoms with E-state index in [1.807, 2.05) is 37.3 Å². The summed E-state index contributed by atoms with van der Waals surface area (Å²) in [4.78, 5) is 11.7. The van der Waals surface area contributed by atoms with Crippen LogP contribution in [0.15, 0.2) is 30.3 Å². The third-order valence-electron chi connectivity index (χ3n) is 2.57. The van der Waals surface area contributed by atoms with Gasteiger partial charge in [-0.1, -0.05) is 18.2 Å². The van der Waals surface area contributed by atoms with Gasteiger partial charge in [-0.2, -0.15) is 0 Å². The van der Waals surface area contributed by atoms with E-state index < -0.39 is 0 Å². The first-order valence-electron chi connectivity index (χ1n) is 6.29. The molecule has 1 rings (SSSR count). The van der Waals surface area contributed by atoms with E-state index >= 15 is 0 Å². The number of nitrogens with one attached hydrogen (secondary N) is 2. The van der Waals surface area contributed by atoms with Crippen LogP contribution in [0.3, 0.4) is 0 Å². The van der Waals surface area contributed by atoms with Crippen LogP contribution in [0.25, 0.3) is 0 Å². The van der Waals surface area contributed by atoms with Gasteiger partial charge in [-0.05, 0) is 32.0 Å². The Kier molecular flexibility index (Phi) is 7.06. The minimum Gasteiger partial charge on any atom is -0.385 e. The summed E-state index contributed by atoms with van der Waals surface area (Å²) in [5.74, 6) is 0.0351. The fourth-order valence-corrected chi connectivity index (χ4v) is 1.65. The summed E-state index contributed by atoms with van der Waals surface area (Å²) in [7, 11) is 1.69. The second-order valence-corrected chi connectivity index (χ2v) is 4.32. The molecule has 0 saturated heterocycles. The maximum Gasteiger partial charge on any atom is 0.225 e. The van der Waals surface area contributed by atoms with E-state index in [4.69, 9.17) is 4.74 Å². The molecule has 0 saturated carbocycles. The van der Waals surface area contributed by atoms with Crippen molar-refractivity contribution >= 4 is 11.6 Å². The molecule has 1 amide bonds. The molecule has 100 valence electrons. The van der Waals surface area contributed by atoms with Gasteiger partial charge in [0.2, 0.25) is 5.91 Å². The van der Waals surface area contributed by atoms with Crippen molar-refractivity contribution in [3.63, 3.8) is 0 Å². The summed E-state index contributed by atoms with van der Waals surface area (Å²) in [6.07, 6.45) is 1.43. The molecule has 0 aromatic heterocycles. The van der Waals surface area contributed by atoms with Gasteiger partial charge in [0, 0.05) is 31.9 Å². The van der Waals surface area contributed by atoms with E-state index in [-0.39, 0.29) is 11.9 Å². The van der Waals surface area contributed by atoms with Crippen LogP contribution in [0, 0.1) is 0 Å². The third kappa shape index (κ3) is 6.37. The van der Waals surface area contributed by atoms with Gasteiger partial charge in [0.15, 0.2) is 0 Å². The van der Waals surface area contributed by atoms with E-state index in [1.54, 1.807) is 7.11 Å². The molecule has 0 aliphatic carbocycles. The highest BCUT2D eigenvalue weighted by Crippen LogP contribution is 2.06. The van der Waals surface area contributed by atoms with Gasteiger partial charge in [-0.25, -0.2) is 0 Å². The summed E-state index contributed by atoms with van der Waals surface area (Å²) in [5, 5.41) is 6.16. The van der Waals surface area contributed by atoms with Gasteiger partial charge in [-0.3, -0.25) is 4.79 Å². The molecule has 0 heterocycles. The van der Waals surface area contributed by atoms with Crippen LogP contribution in [-0.2, 0) is 9.53 Å². The highest BCUT2D eigenvalue weighted by Gasteiger charge is 2.08. The highest BCUT2D eigenvalue weighted by molar-refractivity contribution is 5.90. The topological polar surface area (TPSA) is 50.4 Å². The van der Waals surface area contributed by atoms with Crippen LogP contribution < -0.4 is 10.6 Å². The number of rotatable bonds is 8. The summed E-state index contributed by atoms with van der Waals surface area (Å²) in [5.41, 5.74) is 0.842. The first-order valence-corrected chi connectivity index (χ1v) is 6.29. The number of hydrogen-bond donors (Lipinski definition) is 2. The molecule has 1 unspecified atom stereocenters. The van der Waals surface area contributed by atoms with E-state index in [0.29, 0.717) is 6.42 Å². The van der Waals surface area contributed by atoms with Gasteiger partial charge in [-0.15, -0.1) is 0 Å². The molecule has 4 nitrogen and oxygen atoms in total. The number of hydrogen-bond acceptors (Lipinski definition) is 3. The standard InChI is InChI=1S/C14H22N2O2/c1-12(15-9-6-10-18-2)11-14(17)16-13-7-4-3-5-8-13/h3-5,7-8,12,15H,6,9-11H2,1-2H3,(H,16,17). The zero-order chi connectivity index (χ0) is 13.2. The zero-order valence-corrected chi connectivity index (χ0v) is 11.1. The van der Waals surface area contributed by atoms with Crippen LogP contribution in [0.1, 0.15) is 19.8 Å². The molecular formula is C14H22N2O2. The van der Waals surface area contributed by atoms with Crippen molar-refractivity contribution in [3.8, 4) is 0 Å². The second kappa shape index (κ2) is 8.66. The van der Waals surface area contributed by atoms with Gasteiger partial charge >= 0.3 is 0 Å². The Morgan fingerprint density at radius 1 is 1.33 bits per heavy atom. The normalized spacial score (nSPS) is 12.1. The maximum atomic E-state index is 11.7.